The molecule has 2 rings (SSSR count). The molecule has 118 valence electrons. The van der Waals surface area contributed by atoms with Gasteiger partial charge in [0.1, 0.15) is 11.6 Å². The fourth-order valence-corrected chi connectivity index (χ4v) is 2.24. The molecule has 0 unspecified atom stereocenters. The molecule has 0 spiro atoms. The maximum atomic E-state index is 12.9. The summed E-state index contributed by atoms with van der Waals surface area (Å²) in [5, 5.41) is 15.1. The van der Waals surface area contributed by atoms with Crippen LogP contribution in [0.4, 0.5) is 24.8 Å². The van der Waals surface area contributed by atoms with Gasteiger partial charge in [0, 0.05) is 20.3 Å². The molecule has 1 aliphatic heterocycles. The number of nitrogens with zero attached hydrogens (tertiary/aromatic N) is 1. The third-order valence-corrected chi connectivity index (χ3v) is 3.55. The molecule has 8 heteroatoms. The number of aliphatic hydroxyl groups is 1. The molecule has 1 fully saturated rings. The summed E-state index contributed by atoms with van der Waals surface area (Å²) in [4.78, 5) is 4.08. The number of hydrogen-bond donors (Lipinski definition) is 3. The van der Waals surface area contributed by atoms with Crippen LogP contribution >= 0.6 is 0 Å². The van der Waals surface area contributed by atoms with Gasteiger partial charge in [-0.15, -0.1) is 0 Å². The fourth-order valence-electron chi connectivity index (χ4n) is 2.24. The summed E-state index contributed by atoms with van der Waals surface area (Å²) < 4.78 is 43.9. The molecular formula is C13H18F3N3O2. The van der Waals surface area contributed by atoms with E-state index in [0.29, 0.717) is 26.1 Å². The Balaban J connectivity index is 2.30. The summed E-state index contributed by atoms with van der Waals surface area (Å²) in [5.41, 5.74) is -1.48. The van der Waals surface area contributed by atoms with Gasteiger partial charge >= 0.3 is 6.18 Å². The molecule has 0 aromatic carbocycles. The number of aliphatic hydroxyl groups excluding tert-OH is 1. The summed E-state index contributed by atoms with van der Waals surface area (Å²) >= 11 is 0. The number of alkyl halides is 3. The van der Waals surface area contributed by atoms with Gasteiger partial charge < -0.3 is 20.5 Å². The molecule has 0 radical (unpaired) electrons. The Hall–Kier alpha value is -1.54. The van der Waals surface area contributed by atoms with Crippen LogP contribution in [0.2, 0.25) is 0 Å². The highest BCUT2D eigenvalue weighted by atomic mass is 19.4. The first kappa shape index (κ1) is 15.8. The topological polar surface area (TPSA) is 66.4 Å². The van der Waals surface area contributed by atoms with E-state index in [1.807, 2.05) is 0 Å². The van der Waals surface area contributed by atoms with Crippen LogP contribution in [0.3, 0.4) is 0 Å². The Labute approximate surface area is 120 Å². The molecular weight excluding hydrogens is 287 g/mol. The maximum Gasteiger partial charge on any atom is 0.416 e. The summed E-state index contributed by atoms with van der Waals surface area (Å²) in [6.45, 7) is 0.708. The van der Waals surface area contributed by atoms with Crippen molar-refractivity contribution in [2.45, 2.75) is 24.6 Å². The minimum absolute atomic E-state index is 0.0881. The van der Waals surface area contributed by atoms with Gasteiger partial charge in [-0.1, -0.05) is 0 Å². The van der Waals surface area contributed by atoms with Crippen molar-refractivity contribution in [3.63, 3.8) is 0 Å². The predicted octanol–water partition coefficient (Wildman–Crippen LogP) is 2.10. The van der Waals surface area contributed by atoms with Crippen molar-refractivity contribution in [1.29, 1.82) is 0 Å². The van der Waals surface area contributed by atoms with Crippen molar-refractivity contribution in [3.05, 3.63) is 17.7 Å². The van der Waals surface area contributed by atoms with Gasteiger partial charge in [-0.3, -0.25) is 0 Å². The Morgan fingerprint density at radius 2 is 1.90 bits per heavy atom. The van der Waals surface area contributed by atoms with Crippen molar-refractivity contribution in [2.75, 3.05) is 37.5 Å². The molecule has 0 saturated carbocycles. The van der Waals surface area contributed by atoms with Gasteiger partial charge in [-0.2, -0.15) is 13.2 Å². The molecule has 0 amide bonds. The number of anilines is 2. The fraction of sp³-hybridized carbons (Fsp3) is 0.615. The highest BCUT2D eigenvalue weighted by molar-refractivity contribution is 5.50. The zero-order chi connectivity index (χ0) is 15.5. The summed E-state index contributed by atoms with van der Waals surface area (Å²) in [5.74, 6) is 0.206. The molecule has 0 aliphatic carbocycles. The van der Waals surface area contributed by atoms with E-state index in [0.717, 1.165) is 12.1 Å². The van der Waals surface area contributed by atoms with Crippen molar-refractivity contribution in [1.82, 2.24) is 4.98 Å². The Kier molecular flexibility index (Phi) is 4.58. The number of rotatable bonds is 4. The summed E-state index contributed by atoms with van der Waals surface area (Å²) in [6, 6.07) is 1.90. The van der Waals surface area contributed by atoms with E-state index < -0.39 is 17.3 Å². The summed E-state index contributed by atoms with van der Waals surface area (Å²) in [7, 11) is 1.50. The zero-order valence-electron chi connectivity index (χ0n) is 11.6. The van der Waals surface area contributed by atoms with E-state index in [1.54, 1.807) is 0 Å². The SMILES string of the molecule is CNc1cc(C(F)(F)F)cc(NC2(CO)CCOCC2)n1. The van der Waals surface area contributed by atoms with Crippen molar-refractivity contribution in [2.24, 2.45) is 0 Å². The number of pyridine rings is 1. The molecule has 0 atom stereocenters. The highest BCUT2D eigenvalue weighted by Gasteiger charge is 2.35. The Bertz CT molecular complexity index is 488. The average Bonchev–Trinajstić information content (AvgIpc) is 2.47. The monoisotopic (exact) mass is 305 g/mol. The Morgan fingerprint density at radius 1 is 1.29 bits per heavy atom. The second-order valence-corrected chi connectivity index (χ2v) is 5.05. The highest BCUT2D eigenvalue weighted by Crippen LogP contribution is 2.33. The van der Waals surface area contributed by atoms with Crippen molar-refractivity contribution in [3.8, 4) is 0 Å². The number of nitrogens with one attached hydrogen (secondary N) is 2. The molecule has 1 aromatic heterocycles. The van der Waals surface area contributed by atoms with Gasteiger partial charge in [0.25, 0.3) is 0 Å². The first-order valence-corrected chi connectivity index (χ1v) is 6.62. The number of hydrogen-bond acceptors (Lipinski definition) is 5. The molecule has 2 heterocycles. The van der Waals surface area contributed by atoms with Gasteiger partial charge in [-0.25, -0.2) is 4.98 Å². The quantitative estimate of drug-likeness (QED) is 0.795. The van der Waals surface area contributed by atoms with Crippen molar-refractivity contribution >= 4 is 11.6 Å². The van der Waals surface area contributed by atoms with Crippen molar-refractivity contribution < 1.29 is 23.0 Å². The number of ether oxygens (including phenoxy) is 1. The van der Waals surface area contributed by atoms with Crippen LogP contribution in [-0.2, 0) is 10.9 Å². The lowest BCUT2D eigenvalue weighted by molar-refractivity contribution is -0.137. The van der Waals surface area contributed by atoms with Crippen LogP contribution in [0.25, 0.3) is 0 Å². The first-order chi connectivity index (χ1) is 9.88. The lowest BCUT2D eigenvalue weighted by Crippen LogP contribution is -2.47. The van der Waals surface area contributed by atoms with Crippen LogP contribution in [0.15, 0.2) is 12.1 Å². The Morgan fingerprint density at radius 3 is 2.43 bits per heavy atom. The molecule has 1 aromatic rings. The third-order valence-electron chi connectivity index (χ3n) is 3.55. The van der Waals surface area contributed by atoms with Crippen LogP contribution in [0.1, 0.15) is 18.4 Å². The molecule has 3 N–H and O–H groups in total. The minimum Gasteiger partial charge on any atom is -0.394 e. The molecule has 1 saturated heterocycles. The third kappa shape index (κ3) is 3.76. The van der Waals surface area contributed by atoms with Crippen LogP contribution in [0, 0.1) is 0 Å². The molecule has 1 aliphatic rings. The minimum atomic E-state index is -4.45. The van der Waals surface area contributed by atoms with E-state index in [4.69, 9.17) is 4.74 Å². The zero-order valence-corrected chi connectivity index (χ0v) is 11.6. The summed E-state index contributed by atoms with van der Waals surface area (Å²) in [6.07, 6.45) is -3.43. The standard InChI is InChI=1S/C13H18F3N3O2/c1-17-10-6-9(13(14,15)16)7-11(18-10)19-12(8-20)2-4-21-5-3-12/h6-7,20H,2-5,8H2,1H3,(H2,17,18,19). The largest absolute Gasteiger partial charge is 0.416 e. The number of aromatic nitrogens is 1. The lowest BCUT2D eigenvalue weighted by atomic mass is 9.91. The van der Waals surface area contributed by atoms with E-state index in [9.17, 15) is 18.3 Å². The molecule has 5 nitrogen and oxygen atoms in total. The van der Waals surface area contributed by atoms with Crippen LogP contribution < -0.4 is 10.6 Å². The van der Waals surface area contributed by atoms with E-state index >= 15 is 0 Å². The molecule has 0 bridgehead atoms. The van der Waals surface area contributed by atoms with Gasteiger partial charge in [0.05, 0.1) is 17.7 Å². The second-order valence-electron chi connectivity index (χ2n) is 5.05. The van der Waals surface area contributed by atoms with Crippen LogP contribution in [-0.4, -0.2) is 42.5 Å². The smallest absolute Gasteiger partial charge is 0.394 e. The van der Waals surface area contributed by atoms with E-state index in [-0.39, 0.29) is 18.2 Å². The second kappa shape index (κ2) is 6.07. The average molecular weight is 305 g/mol. The maximum absolute atomic E-state index is 12.9. The predicted molar refractivity (Wildman–Crippen MR) is 72.3 cm³/mol. The first-order valence-electron chi connectivity index (χ1n) is 6.62. The van der Waals surface area contributed by atoms with E-state index in [1.165, 1.54) is 7.05 Å². The van der Waals surface area contributed by atoms with Gasteiger partial charge in [0.15, 0.2) is 0 Å². The molecule has 21 heavy (non-hydrogen) atoms. The number of halogens is 3. The normalized spacial score (nSPS) is 18.3. The van der Waals surface area contributed by atoms with Crippen LogP contribution in [0.5, 0.6) is 0 Å². The van der Waals surface area contributed by atoms with E-state index in [2.05, 4.69) is 15.6 Å². The van der Waals surface area contributed by atoms with Gasteiger partial charge in [-0.05, 0) is 25.0 Å². The lowest BCUT2D eigenvalue weighted by Gasteiger charge is -2.37. The van der Waals surface area contributed by atoms with Gasteiger partial charge in [0.2, 0.25) is 0 Å².